The normalized spacial score (nSPS) is 11.4. The fraction of sp³-hybridized carbons (Fsp3) is 0.100. The number of nitriles is 1. The molecule has 1 N–H and O–H groups in total. The van der Waals surface area contributed by atoms with E-state index in [1.54, 1.807) is 0 Å². The molecule has 0 saturated heterocycles. The average molecular weight is 239 g/mol. The zero-order chi connectivity index (χ0) is 12.6. The largest absolute Gasteiger partial charge is 0.417 e. The van der Waals surface area contributed by atoms with E-state index in [-0.39, 0.29) is 10.9 Å². The molecule has 0 saturated carbocycles. The van der Waals surface area contributed by atoms with Crippen molar-refractivity contribution in [2.45, 2.75) is 6.18 Å². The number of fused-ring (bicyclic) bond motifs is 1. The number of nitrogens with zero attached hydrogens (tertiary/aromatic N) is 2. The number of nitrogens with one attached hydrogen (secondary N) is 1. The van der Waals surface area contributed by atoms with Crippen molar-refractivity contribution < 1.29 is 13.2 Å². The van der Waals surface area contributed by atoms with Gasteiger partial charge in [0, 0.05) is 0 Å². The smallest absolute Gasteiger partial charge is 0.313 e. The summed E-state index contributed by atoms with van der Waals surface area (Å²) in [5, 5.41) is 8.72. The van der Waals surface area contributed by atoms with Gasteiger partial charge in [-0.3, -0.25) is 4.79 Å². The molecule has 7 heteroatoms. The maximum Gasteiger partial charge on any atom is 0.417 e. The van der Waals surface area contributed by atoms with Gasteiger partial charge in [-0.15, -0.1) is 0 Å². The molecule has 86 valence electrons. The van der Waals surface area contributed by atoms with E-state index in [0.717, 1.165) is 12.4 Å². The molecule has 1 aromatic carbocycles. The second-order valence-electron chi connectivity index (χ2n) is 3.23. The lowest BCUT2D eigenvalue weighted by molar-refractivity contribution is -0.137. The molecule has 0 amide bonds. The summed E-state index contributed by atoms with van der Waals surface area (Å²) >= 11 is 0. The molecule has 0 spiro atoms. The van der Waals surface area contributed by atoms with E-state index < -0.39 is 22.9 Å². The third-order valence-electron chi connectivity index (χ3n) is 2.23. The van der Waals surface area contributed by atoms with Gasteiger partial charge in [-0.25, -0.2) is 4.98 Å². The number of H-pyrrole nitrogens is 1. The lowest BCUT2D eigenvalue weighted by Gasteiger charge is -2.09. The van der Waals surface area contributed by atoms with Crippen molar-refractivity contribution in [2.75, 3.05) is 0 Å². The van der Waals surface area contributed by atoms with Crippen LogP contribution in [-0.2, 0) is 6.18 Å². The molecule has 2 rings (SSSR count). The lowest BCUT2D eigenvalue weighted by atomic mass is 10.0. The Morgan fingerprint density at radius 3 is 2.65 bits per heavy atom. The van der Waals surface area contributed by atoms with E-state index in [4.69, 9.17) is 5.26 Å². The van der Waals surface area contributed by atoms with E-state index in [1.165, 1.54) is 6.07 Å². The van der Waals surface area contributed by atoms with Gasteiger partial charge in [-0.1, -0.05) is 0 Å². The van der Waals surface area contributed by atoms with Gasteiger partial charge >= 0.3 is 6.18 Å². The minimum atomic E-state index is -4.65. The van der Waals surface area contributed by atoms with E-state index in [2.05, 4.69) is 9.97 Å². The van der Waals surface area contributed by atoms with Gasteiger partial charge < -0.3 is 4.98 Å². The van der Waals surface area contributed by atoms with Crippen LogP contribution >= 0.6 is 0 Å². The van der Waals surface area contributed by atoms with Crippen LogP contribution in [0.1, 0.15) is 11.1 Å². The Balaban J connectivity index is 2.95. The number of aromatic amines is 1. The van der Waals surface area contributed by atoms with Crippen LogP contribution in [0.5, 0.6) is 0 Å². The molecule has 0 bridgehead atoms. The highest BCUT2D eigenvalue weighted by molar-refractivity contribution is 5.84. The number of aromatic nitrogens is 2. The Labute approximate surface area is 92.3 Å². The second-order valence-corrected chi connectivity index (χ2v) is 3.23. The monoisotopic (exact) mass is 239 g/mol. The van der Waals surface area contributed by atoms with E-state index in [0.29, 0.717) is 6.07 Å². The van der Waals surface area contributed by atoms with Crippen LogP contribution in [0.15, 0.2) is 23.3 Å². The topological polar surface area (TPSA) is 69.5 Å². The fourth-order valence-corrected chi connectivity index (χ4v) is 1.49. The van der Waals surface area contributed by atoms with Crippen molar-refractivity contribution in [1.29, 1.82) is 5.26 Å². The number of rotatable bonds is 0. The Bertz CT molecular complexity index is 682. The van der Waals surface area contributed by atoms with Gasteiger partial charge in [0.25, 0.3) is 5.56 Å². The minimum Gasteiger partial charge on any atom is -0.313 e. The summed E-state index contributed by atoms with van der Waals surface area (Å²) in [6.45, 7) is 0. The van der Waals surface area contributed by atoms with Crippen molar-refractivity contribution in [1.82, 2.24) is 9.97 Å². The van der Waals surface area contributed by atoms with Gasteiger partial charge in [0.05, 0.1) is 28.4 Å². The predicted molar refractivity (Wildman–Crippen MR) is 52.1 cm³/mol. The van der Waals surface area contributed by atoms with Gasteiger partial charge in [0.2, 0.25) is 0 Å². The molecule has 0 aliphatic rings. The molecule has 0 aliphatic heterocycles. The summed E-state index contributed by atoms with van der Waals surface area (Å²) in [5.41, 5.74) is -2.56. The number of alkyl halides is 3. The van der Waals surface area contributed by atoms with E-state index in [1.807, 2.05) is 0 Å². The number of hydrogen-bond donors (Lipinski definition) is 1. The minimum absolute atomic E-state index is 0.0444. The Kier molecular flexibility index (Phi) is 2.35. The van der Waals surface area contributed by atoms with Gasteiger partial charge in [0.1, 0.15) is 6.07 Å². The van der Waals surface area contributed by atoms with Gasteiger partial charge in [-0.2, -0.15) is 18.4 Å². The van der Waals surface area contributed by atoms with Crippen molar-refractivity contribution >= 4 is 10.9 Å². The zero-order valence-corrected chi connectivity index (χ0v) is 8.17. The molecule has 17 heavy (non-hydrogen) atoms. The van der Waals surface area contributed by atoms with Crippen LogP contribution < -0.4 is 5.56 Å². The maximum absolute atomic E-state index is 12.6. The van der Waals surface area contributed by atoms with Gasteiger partial charge in [-0.05, 0) is 12.1 Å². The fourth-order valence-electron chi connectivity index (χ4n) is 1.49. The average Bonchev–Trinajstić information content (AvgIpc) is 2.26. The summed E-state index contributed by atoms with van der Waals surface area (Å²) in [4.78, 5) is 17.2. The van der Waals surface area contributed by atoms with Crippen molar-refractivity contribution in [3.63, 3.8) is 0 Å². The molecule has 0 unspecified atom stereocenters. The molecule has 0 atom stereocenters. The first-order valence-electron chi connectivity index (χ1n) is 4.43. The highest BCUT2D eigenvalue weighted by Crippen LogP contribution is 2.33. The molecule has 1 aromatic heterocycles. The first-order chi connectivity index (χ1) is 7.95. The highest BCUT2D eigenvalue weighted by atomic mass is 19.4. The third-order valence-corrected chi connectivity index (χ3v) is 2.23. The molecule has 0 aliphatic carbocycles. The maximum atomic E-state index is 12.6. The first kappa shape index (κ1) is 11.1. The molecular formula is C10H4F3N3O. The van der Waals surface area contributed by atoms with Crippen LogP contribution in [0.3, 0.4) is 0 Å². The van der Waals surface area contributed by atoms with E-state index >= 15 is 0 Å². The zero-order valence-electron chi connectivity index (χ0n) is 8.17. The summed E-state index contributed by atoms with van der Waals surface area (Å²) in [6.07, 6.45) is -3.69. The molecular weight excluding hydrogens is 235 g/mol. The molecule has 1 heterocycles. The van der Waals surface area contributed by atoms with Crippen LogP contribution in [-0.4, -0.2) is 9.97 Å². The predicted octanol–water partition coefficient (Wildman–Crippen LogP) is 1.81. The van der Waals surface area contributed by atoms with Crippen LogP contribution in [0.25, 0.3) is 10.9 Å². The number of hydrogen-bond acceptors (Lipinski definition) is 3. The summed E-state index contributed by atoms with van der Waals surface area (Å²) in [7, 11) is 0. The van der Waals surface area contributed by atoms with E-state index in [9.17, 15) is 18.0 Å². The standard InChI is InChI=1S/C10H4F3N3O/c11-10(12,13)7-2-1-5-8(6(7)3-14)15-4-16-9(5)17/h1-2,4H,(H,15,16,17). The van der Waals surface area contributed by atoms with Gasteiger partial charge in [0.15, 0.2) is 0 Å². The van der Waals surface area contributed by atoms with Crippen LogP contribution in [0.2, 0.25) is 0 Å². The van der Waals surface area contributed by atoms with Crippen molar-refractivity contribution in [2.24, 2.45) is 0 Å². The summed E-state index contributed by atoms with van der Waals surface area (Å²) in [5.74, 6) is 0. The summed E-state index contributed by atoms with van der Waals surface area (Å²) in [6, 6.07) is 3.15. The number of benzene rings is 1. The second kappa shape index (κ2) is 3.59. The Morgan fingerprint density at radius 2 is 2.06 bits per heavy atom. The van der Waals surface area contributed by atoms with Crippen molar-refractivity contribution in [3.05, 3.63) is 39.9 Å². The SMILES string of the molecule is N#Cc1c(C(F)(F)F)ccc2c(=O)[nH]cnc12. The molecule has 0 radical (unpaired) electrons. The molecule has 2 aromatic rings. The molecule has 0 fully saturated rings. The lowest BCUT2D eigenvalue weighted by Crippen LogP contribution is -2.12. The van der Waals surface area contributed by atoms with Crippen LogP contribution in [0.4, 0.5) is 13.2 Å². The quantitative estimate of drug-likeness (QED) is 0.762. The van der Waals surface area contributed by atoms with Crippen molar-refractivity contribution in [3.8, 4) is 6.07 Å². The van der Waals surface area contributed by atoms with Crippen LogP contribution in [0, 0.1) is 11.3 Å². The highest BCUT2D eigenvalue weighted by Gasteiger charge is 2.34. The number of halogens is 3. The Hall–Kier alpha value is -2.36. The summed E-state index contributed by atoms with van der Waals surface area (Å²) < 4.78 is 37.8. The Morgan fingerprint density at radius 1 is 1.35 bits per heavy atom. The third kappa shape index (κ3) is 1.73. The molecule has 4 nitrogen and oxygen atoms in total. The first-order valence-corrected chi connectivity index (χ1v) is 4.43.